The molecule has 0 spiro atoms. The van der Waals surface area contributed by atoms with Crippen LogP contribution in [0.15, 0.2) is 12.1 Å². The van der Waals surface area contributed by atoms with Gasteiger partial charge in [-0.1, -0.05) is 0 Å². The maximum absolute atomic E-state index is 14.3. The first-order valence-corrected chi connectivity index (χ1v) is 11.3. The van der Waals surface area contributed by atoms with Crippen LogP contribution in [0.5, 0.6) is 11.6 Å². The molecule has 1 aromatic heterocycles. The number of urea groups is 1. The van der Waals surface area contributed by atoms with E-state index < -0.39 is 17.8 Å². The molecule has 9 nitrogen and oxygen atoms in total. The lowest BCUT2D eigenvalue weighted by molar-refractivity contribution is 0.0996. The van der Waals surface area contributed by atoms with Gasteiger partial charge in [0, 0.05) is 30.6 Å². The third kappa shape index (κ3) is 5.10. The number of likely N-dealkylation sites (tertiary alicyclic amines) is 1. The van der Waals surface area contributed by atoms with Crippen molar-refractivity contribution in [2.75, 3.05) is 38.6 Å². The van der Waals surface area contributed by atoms with E-state index in [4.69, 9.17) is 15.2 Å². The minimum absolute atomic E-state index is 0.0413. The fourth-order valence-electron chi connectivity index (χ4n) is 3.97. The lowest BCUT2D eigenvalue weighted by atomic mass is 10.1. The first-order valence-electron chi connectivity index (χ1n) is 10.5. The Balaban J connectivity index is 1.35. The van der Waals surface area contributed by atoms with Crippen molar-refractivity contribution in [1.29, 1.82) is 0 Å². The Kier molecular flexibility index (Phi) is 6.75. The van der Waals surface area contributed by atoms with Crippen molar-refractivity contribution in [2.45, 2.75) is 25.9 Å². The van der Waals surface area contributed by atoms with Crippen molar-refractivity contribution in [1.82, 2.24) is 14.6 Å². The van der Waals surface area contributed by atoms with Crippen LogP contribution in [0.1, 0.15) is 34.3 Å². The lowest BCUT2D eigenvalue weighted by Crippen LogP contribution is -2.31. The number of nitrogens with one attached hydrogen (secondary N) is 2. The molecule has 11 heteroatoms. The van der Waals surface area contributed by atoms with Crippen molar-refractivity contribution in [2.24, 2.45) is 11.7 Å². The number of aromatic nitrogens is 1. The van der Waals surface area contributed by atoms with Gasteiger partial charge in [-0.15, -0.1) is 0 Å². The molecule has 4 N–H and O–H groups in total. The Hall–Kier alpha value is -2.92. The summed E-state index contributed by atoms with van der Waals surface area (Å²) < 4.78 is 29.4. The van der Waals surface area contributed by atoms with Gasteiger partial charge in [-0.25, -0.2) is 9.18 Å². The molecule has 0 aliphatic carbocycles. The number of ether oxygens (including phenoxy) is 2. The minimum Gasteiger partial charge on any atom is -0.493 e. The fraction of sp³-hybridized carbons (Fsp3) is 0.476. The number of carbonyl (C=O) groups excluding carboxylic acids is 2. The summed E-state index contributed by atoms with van der Waals surface area (Å²) in [7, 11) is 2.08. The second-order valence-electron chi connectivity index (χ2n) is 8.08. The smallest absolute Gasteiger partial charge is 0.319 e. The van der Waals surface area contributed by atoms with Gasteiger partial charge in [0.15, 0.2) is 0 Å². The average Bonchev–Trinajstić information content (AvgIpc) is 3.46. The summed E-state index contributed by atoms with van der Waals surface area (Å²) in [5.74, 6) is -0.0729. The molecule has 1 fully saturated rings. The average molecular weight is 464 g/mol. The van der Waals surface area contributed by atoms with E-state index in [1.165, 1.54) is 6.07 Å². The quantitative estimate of drug-likeness (QED) is 0.553. The van der Waals surface area contributed by atoms with Crippen LogP contribution in [0.2, 0.25) is 0 Å². The SMILES string of the molecule is CN1CC[C@H](CCNC(=O)Nc2snc(OCc3cc4c(cc3F)CCO4)c2C(N)=O)C1. The highest BCUT2D eigenvalue weighted by atomic mass is 32.1. The highest BCUT2D eigenvalue weighted by Gasteiger charge is 2.24. The fourth-order valence-corrected chi connectivity index (χ4v) is 4.71. The molecule has 0 bridgehead atoms. The van der Waals surface area contributed by atoms with Gasteiger partial charge in [0.2, 0.25) is 5.88 Å². The van der Waals surface area contributed by atoms with Crippen molar-refractivity contribution < 1.29 is 23.5 Å². The Morgan fingerprint density at radius 2 is 2.28 bits per heavy atom. The topological polar surface area (TPSA) is 119 Å². The maximum atomic E-state index is 14.3. The number of hydrogen-bond acceptors (Lipinski definition) is 7. The van der Waals surface area contributed by atoms with E-state index in [9.17, 15) is 14.0 Å². The van der Waals surface area contributed by atoms with Crippen molar-refractivity contribution in [3.05, 3.63) is 34.6 Å². The third-order valence-electron chi connectivity index (χ3n) is 5.68. The molecule has 172 valence electrons. The molecule has 3 heterocycles. The predicted molar refractivity (Wildman–Crippen MR) is 118 cm³/mol. The summed E-state index contributed by atoms with van der Waals surface area (Å²) in [6.45, 7) is 2.99. The molecular weight excluding hydrogens is 437 g/mol. The standard InChI is InChI=1S/C21H26FN5O4S/c1-27-6-3-12(10-27)2-5-24-21(29)25-20-17(18(23)28)19(26-32-20)31-11-14-9-16-13(4-7-30-16)8-15(14)22/h8-9,12H,2-7,10-11H2,1H3,(H2,23,28)(H2,24,25,29)/t12-/m0/s1. The number of fused-ring (bicyclic) bond motifs is 1. The second-order valence-corrected chi connectivity index (χ2v) is 8.85. The number of benzene rings is 1. The van der Waals surface area contributed by atoms with E-state index in [1.54, 1.807) is 6.07 Å². The Bertz CT molecular complexity index is 1010. The van der Waals surface area contributed by atoms with Crippen molar-refractivity contribution in [3.63, 3.8) is 0 Å². The number of rotatable bonds is 8. The number of nitrogens with two attached hydrogens (primary N) is 1. The Morgan fingerprint density at radius 3 is 3.03 bits per heavy atom. The summed E-state index contributed by atoms with van der Waals surface area (Å²) in [5.41, 5.74) is 6.53. The molecule has 1 saturated heterocycles. The molecule has 2 aliphatic rings. The van der Waals surface area contributed by atoms with Crippen molar-refractivity contribution in [3.8, 4) is 11.6 Å². The van der Waals surface area contributed by atoms with E-state index in [2.05, 4.69) is 27.0 Å². The number of hydrogen-bond donors (Lipinski definition) is 3. The molecule has 4 rings (SSSR count). The van der Waals surface area contributed by atoms with Gasteiger partial charge in [0.05, 0.1) is 6.61 Å². The van der Waals surface area contributed by atoms with E-state index in [-0.39, 0.29) is 28.6 Å². The van der Waals surface area contributed by atoms with Crippen molar-refractivity contribution >= 4 is 28.5 Å². The first-order chi connectivity index (χ1) is 15.4. The van der Waals surface area contributed by atoms with Gasteiger partial charge in [0.25, 0.3) is 5.91 Å². The largest absolute Gasteiger partial charge is 0.493 e. The summed E-state index contributed by atoms with van der Waals surface area (Å²) in [6.07, 6.45) is 2.67. The van der Waals surface area contributed by atoms with Crippen LogP contribution in [0.3, 0.4) is 0 Å². The minimum atomic E-state index is -0.796. The van der Waals surface area contributed by atoms with E-state index in [0.717, 1.165) is 43.0 Å². The van der Waals surface area contributed by atoms with Gasteiger partial charge in [-0.3, -0.25) is 10.1 Å². The van der Waals surface area contributed by atoms with Crippen LogP contribution in [0.25, 0.3) is 0 Å². The number of anilines is 1. The van der Waals surface area contributed by atoms with Crippen LogP contribution in [0, 0.1) is 11.7 Å². The molecule has 1 aromatic carbocycles. The zero-order chi connectivity index (χ0) is 22.7. The van der Waals surface area contributed by atoms with E-state index in [1.807, 2.05) is 0 Å². The molecule has 0 unspecified atom stereocenters. The summed E-state index contributed by atoms with van der Waals surface area (Å²) >= 11 is 0.878. The highest BCUT2D eigenvalue weighted by Crippen LogP contribution is 2.32. The monoisotopic (exact) mass is 463 g/mol. The first kappa shape index (κ1) is 22.3. The number of nitrogens with zero attached hydrogens (tertiary/aromatic N) is 2. The summed E-state index contributed by atoms with van der Waals surface area (Å²) in [4.78, 5) is 26.5. The third-order valence-corrected chi connectivity index (χ3v) is 6.43. The summed E-state index contributed by atoms with van der Waals surface area (Å²) in [5, 5.41) is 5.59. The molecule has 1 atom stereocenters. The normalized spacial score (nSPS) is 17.6. The number of amides is 3. The number of halogens is 1. The van der Waals surface area contributed by atoms with E-state index >= 15 is 0 Å². The zero-order valence-electron chi connectivity index (χ0n) is 17.8. The van der Waals surface area contributed by atoms with Crippen LogP contribution < -0.4 is 25.8 Å². The highest BCUT2D eigenvalue weighted by molar-refractivity contribution is 7.11. The van der Waals surface area contributed by atoms with E-state index in [0.29, 0.717) is 31.2 Å². The molecule has 0 saturated carbocycles. The van der Waals surface area contributed by atoms with Crippen LogP contribution in [0.4, 0.5) is 14.2 Å². The molecule has 2 aromatic rings. The van der Waals surface area contributed by atoms with Gasteiger partial charge in [-0.05, 0) is 56.0 Å². The molecular formula is C21H26FN5O4S. The van der Waals surface area contributed by atoms with Crippen LogP contribution in [-0.2, 0) is 13.0 Å². The Morgan fingerprint density at radius 1 is 1.44 bits per heavy atom. The molecule has 3 amide bonds. The molecule has 32 heavy (non-hydrogen) atoms. The lowest BCUT2D eigenvalue weighted by Gasteiger charge is -2.11. The number of carbonyl (C=O) groups is 2. The summed E-state index contributed by atoms with van der Waals surface area (Å²) in [6, 6.07) is 2.57. The zero-order valence-corrected chi connectivity index (χ0v) is 18.6. The van der Waals surface area contributed by atoms with Gasteiger partial charge in [0.1, 0.15) is 28.7 Å². The predicted octanol–water partition coefficient (Wildman–Crippen LogP) is 2.36. The van der Waals surface area contributed by atoms with Gasteiger partial charge < -0.3 is 25.4 Å². The van der Waals surface area contributed by atoms with Crippen LogP contribution in [-0.4, -0.2) is 54.5 Å². The van der Waals surface area contributed by atoms with Gasteiger partial charge in [-0.2, -0.15) is 4.37 Å². The second kappa shape index (κ2) is 9.70. The maximum Gasteiger partial charge on any atom is 0.319 e. The number of primary amides is 1. The molecule has 0 radical (unpaired) electrons. The van der Waals surface area contributed by atoms with Crippen LogP contribution >= 0.6 is 11.5 Å². The molecule has 2 aliphatic heterocycles. The Labute approximate surface area is 189 Å². The van der Waals surface area contributed by atoms with Gasteiger partial charge >= 0.3 is 6.03 Å².